The summed E-state index contributed by atoms with van der Waals surface area (Å²) >= 11 is 0. The van der Waals surface area contributed by atoms with Gasteiger partial charge in [0.2, 0.25) is 0 Å². The van der Waals surface area contributed by atoms with E-state index in [1.165, 1.54) is 5.56 Å². The quantitative estimate of drug-likeness (QED) is 0.495. The largest absolute Gasteiger partial charge is 0.411 e. The van der Waals surface area contributed by atoms with Gasteiger partial charge in [-0.1, -0.05) is 94.3 Å². The standard InChI is InChI=1S/C21H21NO.C2H6/c1-4-10-16(5-2)21(18-11-8-7-9-12-18)19-13-14-20(23-22)17(6-3)15-19;1-2/h4-15,21H,1-3,22H2;1-2H3/b16-10+;. The summed E-state index contributed by atoms with van der Waals surface area (Å²) in [4.78, 5) is 4.89. The van der Waals surface area contributed by atoms with Crippen molar-refractivity contribution in [3.05, 3.63) is 109 Å². The van der Waals surface area contributed by atoms with Crippen LogP contribution in [0.5, 0.6) is 5.75 Å². The molecule has 0 aliphatic heterocycles. The van der Waals surface area contributed by atoms with Gasteiger partial charge in [-0.05, 0) is 28.8 Å². The summed E-state index contributed by atoms with van der Waals surface area (Å²) in [6.07, 6.45) is 7.35. The minimum Gasteiger partial charge on any atom is -0.411 e. The molecule has 1 atom stereocenters. The Bertz CT molecular complexity index is 729. The first-order valence-electron chi connectivity index (χ1n) is 8.38. The van der Waals surface area contributed by atoms with Crippen molar-refractivity contribution in [2.45, 2.75) is 19.8 Å². The average Bonchev–Trinajstić information content (AvgIpc) is 2.69. The van der Waals surface area contributed by atoms with Gasteiger partial charge in [0.1, 0.15) is 0 Å². The molecule has 0 heterocycles. The zero-order valence-electron chi connectivity index (χ0n) is 15.1. The number of hydrogen-bond acceptors (Lipinski definition) is 2. The van der Waals surface area contributed by atoms with E-state index >= 15 is 0 Å². The van der Waals surface area contributed by atoms with Crippen LogP contribution in [0, 0.1) is 0 Å². The minimum atomic E-state index is 0.0530. The third-order valence-electron chi connectivity index (χ3n) is 3.73. The molecular formula is C23H27NO. The summed E-state index contributed by atoms with van der Waals surface area (Å²) in [6.45, 7) is 15.6. The predicted octanol–water partition coefficient (Wildman–Crippen LogP) is 6.04. The van der Waals surface area contributed by atoms with Crippen LogP contribution in [0.1, 0.15) is 36.5 Å². The molecular weight excluding hydrogens is 306 g/mol. The summed E-state index contributed by atoms with van der Waals surface area (Å²) in [5, 5.41) is 0. The van der Waals surface area contributed by atoms with Crippen molar-refractivity contribution in [3.8, 4) is 5.75 Å². The minimum absolute atomic E-state index is 0.0530. The van der Waals surface area contributed by atoms with Crippen LogP contribution in [0.3, 0.4) is 0 Å². The molecule has 0 aromatic heterocycles. The fraction of sp³-hybridized carbons (Fsp3) is 0.130. The second kappa shape index (κ2) is 10.8. The molecule has 0 spiro atoms. The lowest BCUT2D eigenvalue weighted by molar-refractivity contribution is 0.333. The maximum atomic E-state index is 5.31. The Kier molecular flexibility index (Phi) is 8.77. The molecule has 1 unspecified atom stereocenters. The number of hydrogen-bond donors (Lipinski definition) is 1. The van der Waals surface area contributed by atoms with Crippen molar-refractivity contribution >= 4 is 6.08 Å². The molecule has 2 aromatic rings. The number of benzene rings is 2. The highest BCUT2D eigenvalue weighted by Crippen LogP contribution is 2.35. The van der Waals surface area contributed by atoms with E-state index in [1.54, 1.807) is 12.2 Å². The molecule has 0 aliphatic carbocycles. The molecule has 2 aromatic carbocycles. The lowest BCUT2D eigenvalue weighted by Crippen LogP contribution is -2.07. The Hall–Kier alpha value is -2.84. The average molecular weight is 333 g/mol. The van der Waals surface area contributed by atoms with Gasteiger partial charge in [0.15, 0.2) is 5.75 Å². The molecule has 2 rings (SSSR count). The summed E-state index contributed by atoms with van der Waals surface area (Å²) in [6, 6.07) is 16.2. The molecule has 2 nitrogen and oxygen atoms in total. The van der Waals surface area contributed by atoms with Gasteiger partial charge in [-0.15, -0.1) is 0 Å². The van der Waals surface area contributed by atoms with Crippen molar-refractivity contribution in [1.82, 2.24) is 0 Å². The molecule has 2 N–H and O–H groups in total. The third kappa shape index (κ3) is 5.07. The van der Waals surface area contributed by atoms with E-state index in [-0.39, 0.29) is 5.92 Å². The van der Waals surface area contributed by atoms with Crippen LogP contribution in [0.2, 0.25) is 0 Å². The number of allylic oxidation sites excluding steroid dienone is 4. The van der Waals surface area contributed by atoms with Crippen LogP contribution < -0.4 is 10.7 Å². The van der Waals surface area contributed by atoms with E-state index in [0.717, 1.165) is 16.7 Å². The van der Waals surface area contributed by atoms with Gasteiger partial charge in [0.05, 0.1) is 0 Å². The lowest BCUT2D eigenvalue weighted by Gasteiger charge is -2.20. The van der Waals surface area contributed by atoms with Crippen molar-refractivity contribution in [2.24, 2.45) is 5.90 Å². The molecule has 0 bridgehead atoms. The summed E-state index contributed by atoms with van der Waals surface area (Å²) in [5.41, 5.74) is 4.22. The third-order valence-corrected chi connectivity index (χ3v) is 3.73. The first-order valence-corrected chi connectivity index (χ1v) is 8.38. The Morgan fingerprint density at radius 2 is 1.68 bits per heavy atom. The normalized spacial score (nSPS) is 11.6. The molecule has 0 fully saturated rings. The van der Waals surface area contributed by atoms with Crippen molar-refractivity contribution < 1.29 is 4.84 Å². The maximum Gasteiger partial charge on any atom is 0.154 e. The second-order valence-electron chi connectivity index (χ2n) is 5.07. The Morgan fingerprint density at radius 3 is 2.20 bits per heavy atom. The van der Waals surface area contributed by atoms with Gasteiger partial charge in [-0.2, -0.15) is 5.90 Å². The van der Waals surface area contributed by atoms with E-state index in [0.29, 0.717) is 5.75 Å². The Morgan fingerprint density at radius 1 is 1.00 bits per heavy atom. The molecule has 0 saturated carbocycles. The maximum absolute atomic E-state index is 5.31. The summed E-state index contributed by atoms with van der Waals surface area (Å²) in [5.74, 6) is 5.96. The highest BCUT2D eigenvalue weighted by Gasteiger charge is 2.18. The predicted molar refractivity (Wildman–Crippen MR) is 109 cm³/mol. The topological polar surface area (TPSA) is 35.2 Å². The van der Waals surface area contributed by atoms with Gasteiger partial charge >= 0.3 is 0 Å². The monoisotopic (exact) mass is 333 g/mol. The molecule has 0 saturated heterocycles. The molecule has 25 heavy (non-hydrogen) atoms. The van der Waals surface area contributed by atoms with E-state index in [4.69, 9.17) is 10.7 Å². The van der Waals surface area contributed by atoms with Crippen LogP contribution in [0.25, 0.3) is 6.08 Å². The molecule has 130 valence electrons. The van der Waals surface area contributed by atoms with E-state index in [1.807, 2.05) is 62.4 Å². The highest BCUT2D eigenvalue weighted by molar-refractivity contribution is 5.59. The Labute approximate surface area is 151 Å². The van der Waals surface area contributed by atoms with Crippen molar-refractivity contribution in [2.75, 3.05) is 0 Å². The molecule has 0 amide bonds. The SMILES string of the molecule is C=C/C=C(\C=C)C(c1ccccc1)c1ccc(ON)c(C=C)c1.CC. The van der Waals surface area contributed by atoms with E-state index in [9.17, 15) is 0 Å². The van der Waals surface area contributed by atoms with Gasteiger partial charge in [-0.3, -0.25) is 0 Å². The first-order chi connectivity index (χ1) is 12.2. The van der Waals surface area contributed by atoms with Gasteiger partial charge in [-0.25, -0.2) is 0 Å². The van der Waals surface area contributed by atoms with Gasteiger partial charge in [0, 0.05) is 11.5 Å². The van der Waals surface area contributed by atoms with E-state index in [2.05, 4.69) is 31.9 Å². The van der Waals surface area contributed by atoms with Crippen molar-refractivity contribution in [1.29, 1.82) is 0 Å². The summed E-state index contributed by atoms with van der Waals surface area (Å²) in [7, 11) is 0. The van der Waals surface area contributed by atoms with Crippen LogP contribution >= 0.6 is 0 Å². The summed E-state index contributed by atoms with van der Waals surface area (Å²) < 4.78 is 0. The smallest absolute Gasteiger partial charge is 0.154 e. The number of rotatable bonds is 7. The van der Waals surface area contributed by atoms with Gasteiger partial charge in [0.25, 0.3) is 0 Å². The van der Waals surface area contributed by atoms with Crippen molar-refractivity contribution in [3.63, 3.8) is 0 Å². The van der Waals surface area contributed by atoms with Crippen LogP contribution in [-0.2, 0) is 0 Å². The fourth-order valence-electron chi connectivity index (χ4n) is 2.65. The first kappa shape index (κ1) is 20.2. The number of nitrogens with two attached hydrogens (primary N) is 1. The van der Waals surface area contributed by atoms with E-state index < -0.39 is 0 Å². The molecule has 0 radical (unpaired) electrons. The molecule has 2 heteroatoms. The van der Waals surface area contributed by atoms with Crippen LogP contribution in [0.4, 0.5) is 0 Å². The van der Waals surface area contributed by atoms with Gasteiger partial charge < -0.3 is 4.84 Å². The highest BCUT2D eigenvalue weighted by atomic mass is 16.6. The molecule has 0 aliphatic rings. The fourth-order valence-corrected chi connectivity index (χ4v) is 2.65. The Balaban J connectivity index is 0.00000151. The lowest BCUT2D eigenvalue weighted by atomic mass is 9.84. The van der Waals surface area contributed by atoms with Crippen LogP contribution in [0.15, 0.2) is 92.1 Å². The zero-order valence-corrected chi connectivity index (χ0v) is 15.1. The van der Waals surface area contributed by atoms with Crippen LogP contribution in [-0.4, -0.2) is 0 Å². The second-order valence-corrected chi connectivity index (χ2v) is 5.07. The zero-order chi connectivity index (χ0) is 18.7.